The summed E-state index contributed by atoms with van der Waals surface area (Å²) in [5.74, 6) is 0.876. The van der Waals surface area contributed by atoms with Crippen LogP contribution in [0.25, 0.3) is 0 Å². The molecule has 1 aromatic rings. The molecule has 0 aromatic carbocycles. The second-order valence-electron chi connectivity index (χ2n) is 3.45. The molecule has 0 radical (unpaired) electrons. The van der Waals surface area contributed by atoms with Crippen molar-refractivity contribution in [3.63, 3.8) is 0 Å². The van der Waals surface area contributed by atoms with Crippen LogP contribution >= 0.6 is 0 Å². The molecule has 3 heteroatoms. The van der Waals surface area contributed by atoms with Crippen molar-refractivity contribution in [1.82, 2.24) is 4.98 Å². The minimum atomic E-state index is -0.161. The van der Waals surface area contributed by atoms with Crippen molar-refractivity contribution >= 4 is 0 Å². The van der Waals surface area contributed by atoms with E-state index in [1.807, 2.05) is 19.2 Å². The molecular weight excluding hydrogens is 176 g/mol. The van der Waals surface area contributed by atoms with E-state index >= 15 is 0 Å². The van der Waals surface area contributed by atoms with E-state index in [1.54, 1.807) is 6.20 Å². The van der Waals surface area contributed by atoms with Crippen molar-refractivity contribution < 1.29 is 4.74 Å². The third kappa shape index (κ3) is 1.63. The van der Waals surface area contributed by atoms with Crippen LogP contribution in [0.15, 0.2) is 30.3 Å². The third-order valence-corrected chi connectivity index (χ3v) is 2.45. The van der Waals surface area contributed by atoms with Gasteiger partial charge in [-0.15, -0.1) is 0 Å². The summed E-state index contributed by atoms with van der Waals surface area (Å²) in [6.45, 7) is 2.79. The molecule has 74 valence electrons. The first-order valence-electron chi connectivity index (χ1n) is 4.78. The van der Waals surface area contributed by atoms with E-state index in [-0.39, 0.29) is 6.04 Å². The Morgan fingerprint density at radius 2 is 2.43 bits per heavy atom. The summed E-state index contributed by atoms with van der Waals surface area (Å²) in [7, 11) is 0. The molecule has 1 aliphatic rings. The molecule has 14 heavy (non-hydrogen) atoms. The van der Waals surface area contributed by atoms with Gasteiger partial charge in [0.1, 0.15) is 5.76 Å². The van der Waals surface area contributed by atoms with Crippen LogP contribution in [-0.2, 0) is 4.74 Å². The molecule has 0 saturated carbocycles. The minimum absolute atomic E-state index is 0.161. The van der Waals surface area contributed by atoms with Gasteiger partial charge in [-0.2, -0.15) is 0 Å². The van der Waals surface area contributed by atoms with Crippen LogP contribution in [0.3, 0.4) is 0 Å². The van der Waals surface area contributed by atoms with E-state index in [0.717, 1.165) is 29.9 Å². The van der Waals surface area contributed by atoms with Gasteiger partial charge >= 0.3 is 0 Å². The highest BCUT2D eigenvalue weighted by Gasteiger charge is 2.17. The largest absolute Gasteiger partial charge is 0.496 e. The lowest BCUT2D eigenvalue weighted by atomic mass is 10.0. The zero-order valence-corrected chi connectivity index (χ0v) is 8.23. The van der Waals surface area contributed by atoms with E-state index < -0.39 is 0 Å². The second-order valence-corrected chi connectivity index (χ2v) is 3.45. The lowest BCUT2D eigenvalue weighted by Crippen LogP contribution is -2.15. The number of pyridine rings is 1. The SMILES string of the molecule is Cc1ccncc1C(N)C1=CCCO1. The molecule has 0 spiro atoms. The Bertz CT molecular complexity index is 360. The predicted octanol–water partition coefficient (Wildman–Crippen LogP) is 1.69. The highest BCUT2D eigenvalue weighted by Crippen LogP contribution is 2.25. The number of hydrogen-bond acceptors (Lipinski definition) is 3. The van der Waals surface area contributed by atoms with Gasteiger partial charge in [0.05, 0.1) is 12.6 Å². The lowest BCUT2D eigenvalue weighted by Gasteiger charge is -2.15. The Balaban J connectivity index is 2.26. The van der Waals surface area contributed by atoms with Crippen LogP contribution in [0.4, 0.5) is 0 Å². The van der Waals surface area contributed by atoms with Crippen LogP contribution in [0.1, 0.15) is 23.6 Å². The summed E-state index contributed by atoms with van der Waals surface area (Å²) in [6, 6.07) is 1.80. The number of ether oxygens (including phenoxy) is 1. The Labute approximate surface area is 83.6 Å². The molecule has 0 aliphatic carbocycles. The first-order chi connectivity index (χ1) is 6.79. The zero-order chi connectivity index (χ0) is 9.97. The van der Waals surface area contributed by atoms with E-state index in [9.17, 15) is 0 Å². The molecule has 2 N–H and O–H groups in total. The molecule has 0 bridgehead atoms. The molecule has 0 saturated heterocycles. The number of nitrogens with two attached hydrogens (primary N) is 1. The predicted molar refractivity (Wildman–Crippen MR) is 54.6 cm³/mol. The van der Waals surface area contributed by atoms with E-state index in [1.165, 1.54) is 0 Å². The van der Waals surface area contributed by atoms with Crippen molar-refractivity contribution in [3.8, 4) is 0 Å². The van der Waals surface area contributed by atoms with Crippen molar-refractivity contribution in [1.29, 1.82) is 0 Å². The van der Waals surface area contributed by atoms with Gasteiger partial charge in [-0.25, -0.2) is 0 Å². The van der Waals surface area contributed by atoms with Crippen molar-refractivity contribution in [2.24, 2.45) is 5.73 Å². The molecule has 1 aromatic heterocycles. The molecule has 2 rings (SSSR count). The Morgan fingerprint density at radius 3 is 3.07 bits per heavy atom. The number of aryl methyl sites for hydroxylation is 1. The molecule has 1 atom stereocenters. The normalized spacial score (nSPS) is 17.4. The molecule has 1 aliphatic heterocycles. The van der Waals surface area contributed by atoms with Crippen molar-refractivity contribution in [2.45, 2.75) is 19.4 Å². The van der Waals surface area contributed by atoms with Crippen LogP contribution < -0.4 is 5.73 Å². The van der Waals surface area contributed by atoms with Gasteiger partial charge in [0.15, 0.2) is 0 Å². The van der Waals surface area contributed by atoms with Gasteiger partial charge in [0, 0.05) is 18.8 Å². The summed E-state index contributed by atoms with van der Waals surface area (Å²) >= 11 is 0. The standard InChI is InChI=1S/C11H14N2O/c1-8-4-5-13-7-9(8)11(12)10-3-2-6-14-10/h3-5,7,11H,2,6,12H2,1H3. The average molecular weight is 190 g/mol. The van der Waals surface area contributed by atoms with Crippen molar-refractivity contribution in [3.05, 3.63) is 41.4 Å². The van der Waals surface area contributed by atoms with E-state index in [2.05, 4.69) is 11.1 Å². The Hall–Kier alpha value is -1.35. The summed E-state index contributed by atoms with van der Waals surface area (Å²) in [6.07, 6.45) is 6.59. The highest BCUT2D eigenvalue weighted by atomic mass is 16.5. The molecule has 0 amide bonds. The number of rotatable bonds is 2. The second kappa shape index (κ2) is 3.80. The smallest absolute Gasteiger partial charge is 0.113 e. The summed E-state index contributed by atoms with van der Waals surface area (Å²) in [5.41, 5.74) is 8.27. The summed E-state index contributed by atoms with van der Waals surface area (Å²) < 4.78 is 5.43. The van der Waals surface area contributed by atoms with Gasteiger partial charge in [0.25, 0.3) is 0 Å². The molecule has 1 unspecified atom stereocenters. The fraction of sp³-hybridized carbons (Fsp3) is 0.364. The van der Waals surface area contributed by atoms with Gasteiger partial charge < -0.3 is 10.5 Å². The summed E-state index contributed by atoms with van der Waals surface area (Å²) in [4.78, 5) is 4.08. The monoisotopic (exact) mass is 190 g/mol. The average Bonchev–Trinajstić information content (AvgIpc) is 2.70. The van der Waals surface area contributed by atoms with Gasteiger partial charge in [-0.3, -0.25) is 4.98 Å². The molecule has 3 nitrogen and oxygen atoms in total. The quantitative estimate of drug-likeness (QED) is 0.772. The zero-order valence-electron chi connectivity index (χ0n) is 8.23. The van der Waals surface area contributed by atoms with Crippen LogP contribution in [-0.4, -0.2) is 11.6 Å². The Kier molecular flexibility index (Phi) is 2.50. The molecular formula is C11H14N2O. The fourth-order valence-corrected chi connectivity index (χ4v) is 1.61. The summed E-state index contributed by atoms with van der Waals surface area (Å²) in [5, 5.41) is 0. The highest BCUT2D eigenvalue weighted by molar-refractivity contribution is 5.30. The lowest BCUT2D eigenvalue weighted by molar-refractivity contribution is 0.225. The first-order valence-corrected chi connectivity index (χ1v) is 4.78. The van der Waals surface area contributed by atoms with E-state index in [4.69, 9.17) is 10.5 Å². The minimum Gasteiger partial charge on any atom is -0.496 e. The fourth-order valence-electron chi connectivity index (χ4n) is 1.61. The first kappa shape index (κ1) is 9.21. The Morgan fingerprint density at radius 1 is 1.57 bits per heavy atom. The van der Waals surface area contributed by atoms with Crippen molar-refractivity contribution in [2.75, 3.05) is 6.61 Å². The maximum absolute atomic E-state index is 6.07. The van der Waals surface area contributed by atoms with Crippen LogP contribution in [0.2, 0.25) is 0 Å². The molecule has 0 fully saturated rings. The maximum Gasteiger partial charge on any atom is 0.113 e. The van der Waals surface area contributed by atoms with E-state index in [0.29, 0.717) is 0 Å². The number of hydrogen-bond donors (Lipinski definition) is 1. The van der Waals surface area contributed by atoms with Gasteiger partial charge in [0.2, 0.25) is 0 Å². The van der Waals surface area contributed by atoms with Gasteiger partial charge in [-0.05, 0) is 30.2 Å². The van der Waals surface area contributed by atoms with Crippen LogP contribution in [0.5, 0.6) is 0 Å². The number of aromatic nitrogens is 1. The van der Waals surface area contributed by atoms with Crippen LogP contribution in [0, 0.1) is 6.92 Å². The maximum atomic E-state index is 6.07. The number of nitrogens with zero attached hydrogens (tertiary/aromatic N) is 1. The third-order valence-electron chi connectivity index (χ3n) is 2.45. The molecule has 2 heterocycles. The van der Waals surface area contributed by atoms with Gasteiger partial charge in [-0.1, -0.05) is 0 Å². The topological polar surface area (TPSA) is 48.1 Å².